The van der Waals surface area contributed by atoms with Crippen LogP contribution < -0.4 is 10.1 Å². The van der Waals surface area contributed by atoms with Gasteiger partial charge in [0.05, 0.1) is 6.61 Å². The maximum Gasteiger partial charge on any atom is 0.404 e. The molecule has 0 unspecified atom stereocenters. The van der Waals surface area contributed by atoms with Gasteiger partial charge in [-0.1, -0.05) is 0 Å². The first kappa shape index (κ1) is 15.0. The van der Waals surface area contributed by atoms with Crippen LogP contribution in [0.15, 0.2) is 24.3 Å². The second kappa shape index (κ2) is 8.13. The van der Waals surface area contributed by atoms with Gasteiger partial charge in [0, 0.05) is 12.1 Å². The Hall–Kier alpha value is -2.04. The fourth-order valence-corrected chi connectivity index (χ4v) is 1.58. The molecule has 0 bridgehead atoms. The van der Waals surface area contributed by atoms with Crippen molar-refractivity contribution >= 4 is 11.9 Å². The molecule has 1 rings (SSSR count). The first-order valence-electron chi connectivity index (χ1n) is 6.30. The largest absolute Gasteiger partial charge is 0.494 e. The molecular weight excluding hydrogens is 246 g/mol. The Morgan fingerprint density at radius 1 is 1.16 bits per heavy atom. The van der Waals surface area contributed by atoms with Crippen molar-refractivity contribution in [3.05, 3.63) is 29.8 Å². The molecule has 104 valence electrons. The van der Waals surface area contributed by atoms with Gasteiger partial charge < -0.3 is 15.2 Å². The molecule has 0 aliphatic rings. The lowest BCUT2D eigenvalue weighted by Crippen LogP contribution is -2.21. The summed E-state index contributed by atoms with van der Waals surface area (Å²) in [5.74, 6) is 0.783. The van der Waals surface area contributed by atoms with Crippen molar-refractivity contribution in [2.75, 3.05) is 13.2 Å². The number of rotatable bonds is 8. The Bertz CT molecular complexity index is 414. The summed E-state index contributed by atoms with van der Waals surface area (Å²) in [5, 5.41) is 10.7. The van der Waals surface area contributed by atoms with Crippen molar-refractivity contribution in [3.63, 3.8) is 0 Å². The van der Waals surface area contributed by atoms with Crippen LogP contribution in [-0.2, 0) is 0 Å². The predicted molar refractivity (Wildman–Crippen MR) is 71.8 cm³/mol. The summed E-state index contributed by atoms with van der Waals surface area (Å²) in [4.78, 5) is 21.3. The third-order valence-electron chi connectivity index (χ3n) is 2.63. The molecular formula is C14H19NO4. The number of hydrogen-bond donors (Lipinski definition) is 2. The highest BCUT2D eigenvalue weighted by molar-refractivity contribution is 5.94. The zero-order valence-corrected chi connectivity index (χ0v) is 11.0. The monoisotopic (exact) mass is 265 g/mol. The van der Waals surface area contributed by atoms with Crippen molar-refractivity contribution in [1.29, 1.82) is 0 Å². The van der Waals surface area contributed by atoms with Gasteiger partial charge in [0.1, 0.15) is 5.75 Å². The zero-order chi connectivity index (χ0) is 14.1. The minimum absolute atomic E-state index is 0.0393. The maximum atomic E-state index is 11.1. The highest BCUT2D eigenvalue weighted by atomic mass is 16.5. The molecule has 0 aromatic heterocycles. The molecule has 1 aromatic carbocycles. The van der Waals surface area contributed by atoms with Gasteiger partial charge >= 0.3 is 6.09 Å². The third kappa shape index (κ3) is 6.45. The average molecular weight is 265 g/mol. The number of amides is 1. The van der Waals surface area contributed by atoms with Gasteiger partial charge in [0.25, 0.3) is 0 Å². The summed E-state index contributed by atoms with van der Waals surface area (Å²) in [6.45, 7) is 2.59. The summed E-state index contributed by atoms with van der Waals surface area (Å²) < 4.78 is 5.52. The molecule has 2 N–H and O–H groups in total. The second-order valence-electron chi connectivity index (χ2n) is 4.22. The lowest BCUT2D eigenvalue weighted by atomic mass is 10.1. The molecule has 5 heteroatoms. The van der Waals surface area contributed by atoms with Gasteiger partial charge in [-0.05, 0) is 50.5 Å². The summed E-state index contributed by atoms with van der Waals surface area (Å²) in [6.07, 6.45) is 1.60. The van der Waals surface area contributed by atoms with Gasteiger partial charge in [0.2, 0.25) is 0 Å². The Morgan fingerprint density at radius 2 is 1.84 bits per heavy atom. The number of nitrogens with one attached hydrogen (secondary N) is 1. The fraction of sp³-hybridized carbons (Fsp3) is 0.429. The summed E-state index contributed by atoms with van der Waals surface area (Å²) >= 11 is 0. The minimum Gasteiger partial charge on any atom is -0.494 e. The highest BCUT2D eigenvalue weighted by Crippen LogP contribution is 2.13. The number of benzene rings is 1. The SMILES string of the molecule is CC(=O)c1ccc(OCCCCCNC(=O)O)cc1. The summed E-state index contributed by atoms with van der Waals surface area (Å²) in [7, 11) is 0. The highest BCUT2D eigenvalue weighted by Gasteiger charge is 1.99. The Morgan fingerprint density at radius 3 is 2.42 bits per heavy atom. The van der Waals surface area contributed by atoms with Crippen LogP contribution in [0.25, 0.3) is 0 Å². The van der Waals surface area contributed by atoms with Crippen LogP contribution in [0.4, 0.5) is 4.79 Å². The fourth-order valence-electron chi connectivity index (χ4n) is 1.58. The maximum absolute atomic E-state index is 11.1. The van der Waals surface area contributed by atoms with E-state index in [0.29, 0.717) is 18.7 Å². The van der Waals surface area contributed by atoms with E-state index in [4.69, 9.17) is 9.84 Å². The number of carbonyl (C=O) groups is 2. The molecule has 0 radical (unpaired) electrons. The number of ether oxygens (including phenoxy) is 1. The number of carboxylic acid groups (broad SMARTS) is 1. The van der Waals surface area contributed by atoms with E-state index in [2.05, 4.69) is 5.32 Å². The predicted octanol–water partition coefficient (Wildman–Crippen LogP) is 2.71. The molecule has 1 aromatic rings. The standard InChI is InChI=1S/C14H19NO4/c1-11(16)12-5-7-13(8-6-12)19-10-4-2-3-9-15-14(17)18/h5-8,15H,2-4,9-10H2,1H3,(H,17,18). The Balaban J connectivity index is 2.12. The summed E-state index contributed by atoms with van der Waals surface area (Å²) in [5.41, 5.74) is 0.673. The molecule has 0 saturated heterocycles. The van der Waals surface area contributed by atoms with Crippen molar-refractivity contribution < 1.29 is 19.4 Å². The van der Waals surface area contributed by atoms with Crippen LogP contribution in [-0.4, -0.2) is 30.1 Å². The van der Waals surface area contributed by atoms with Crippen molar-refractivity contribution in [3.8, 4) is 5.75 Å². The van der Waals surface area contributed by atoms with E-state index in [1.54, 1.807) is 24.3 Å². The van der Waals surface area contributed by atoms with Crippen molar-refractivity contribution in [2.45, 2.75) is 26.2 Å². The topological polar surface area (TPSA) is 75.6 Å². The molecule has 0 fully saturated rings. The van der Waals surface area contributed by atoms with E-state index >= 15 is 0 Å². The van der Waals surface area contributed by atoms with Gasteiger partial charge in [-0.3, -0.25) is 4.79 Å². The van der Waals surface area contributed by atoms with Gasteiger partial charge in [-0.15, -0.1) is 0 Å². The van der Waals surface area contributed by atoms with Gasteiger partial charge in [-0.25, -0.2) is 4.79 Å². The average Bonchev–Trinajstić information content (AvgIpc) is 2.38. The van der Waals surface area contributed by atoms with Crippen LogP contribution in [0.5, 0.6) is 5.75 Å². The zero-order valence-electron chi connectivity index (χ0n) is 11.0. The minimum atomic E-state index is -0.984. The normalized spacial score (nSPS) is 9.95. The number of carbonyl (C=O) groups excluding carboxylic acids is 1. The molecule has 0 spiro atoms. The van der Waals surface area contributed by atoms with E-state index in [-0.39, 0.29) is 5.78 Å². The molecule has 0 aliphatic carbocycles. The molecule has 0 saturated carbocycles. The van der Waals surface area contributed by atoms with Gasteiger partial charge in [0.15, 0.2) is 5.78 Å². The number of unbranched alkanes of at least 4 members (excludes halogenated alkanes) is 2. The van der Waals surface area contributed by atoms with E-state index < -0.39 is 6.09 Å². The van der Waals surface area contributed by atoms with Crippen LogP contribution in [0.2, 0.25) is 0 Å². The van der Waals surface area contributed by atoms with Crippen LogP contribution >= 0.6 is 0 Å². The van der Waals surface area contributed by atoms with Crippen LogP contribution in [0.3, 0.4) is 0 Å². The molecule has 1 amide bonds. The van der Waals surface area contributed by atoms with Gasteiger partial charge in [-0.2, -0.15) is 0 Å². The summed E-state index contributed by atoms with van der Waals surface area (Å²) in [6, 6.07) is 7.05. The molecule has 5 nitrogen and oxygen atoms in total. The quantitative estimate of drug-likeness (QED) is 0.559. The first-order chi connectivity index (χ1) is 9.09. The molecule has 0 aliphatic heterocycles. The van der Waals surface area contributed by atoms with Crippen LogP contribution in [0, 0.1) is 0 Å². The van der Waals surface area contributed by atoms with Crippen LogP contribution in [0.1, 0.15) is 36.5 Å². The molecule has 0 heterocycles. The first-order valence-corrected chi connectivity index (χ1v) is 6.30. The number of ketones is 1. The lowest BCUT2D eigenvalue weighted by Gasteiger charge is -2.06. The van der Waals surface area contributed by atoms with Crippen molar-refractivity contribution in [2.24, 2.45) is 0 Å². The smallest absolute Gasteiger partial charge is 0.404 e. The third-order valence-corrected chi connectivity index (χ3v) is 2.63. The number of Topliss-reactive ketones (excluding diaryl/α,β-unsaturated/α-hetero) is 1. The molecule has 0 atom stereocenters. The van der Waals surface area contributed by atoms with Crippen molar-refractivity contribution in [1.82, 2.24) is 5.32 Å². The van der Waals surface area contributed by atoms with E-state index in [9.17, 15) is 9.59 Å². The van der Waals surface area contributed by atoms with E-state index in [1.807, 2.05) is 0 Å². The lowest BCUT2D eigenvalue weighted by molar-refractivity contribution is 0.101. The Kier molecular flexibility index (Phi) is 6.43. The van der Waals surface area contributed by atoms with E-state index in [1.165, 1.54) is 6.92 Å². The van der Waals surface area contributed by atoms with E-state index in [0.717, 1.165) is 25.0 Å². The Labute approximate surface area is 112 Å². The second-order valence-corrected chi connectivity index (χ2v) is 4.22. The molecule has 19 heavy (non-hydrogen) atoms. The number of hydrogen-bond acceptors (Lipinski definition) is 3.